The van der Waals surface area contributed by atoms with E-state index in [0.717, 1.165) is 41.3 Å². The van der Waals surface area contributed by atoms with Crippen LogP contribution in [0.5, 0.6) is 5.75 Å². The summed E-state index contributed by atoms with van der Waals surface area (Å²) in [4.78, 5) is 68.9. The normalized spacial score (nSPS) is 23.0. The fourth-order valence-electron chi connectivity index (χ4n) is 6.09. The molecule has 1 aliphatic carbocycles. The number of hydrogen-bond acceptors (Lipinski definition) is 11. The molecular formula is C30H32N2O8S3. The highest BCUT2D eigenvalue weighted by Crippen LogP contribution is 2.56. The minimum atomic E-state index is -1.09. The van der Waals surface area contributed by atoms with Crippen LogP contribution in [0.2, 0.25) is 0 Å². The lowest BCUT2D eigenvalue weighted by Gasteiger charge is -2.45. The van der Waals surface area contributed by atoms with Crippen molar-refractivity contribution in [3.8, 4) is 5.75 Å². The molecule has 1 aromatic carbocycles. The summed E-state index contributed by atoms with van der Waals surface area (Å²) in [7, 11) is 2.46. The fourth-order valence-corrected chi connectivity index (χ4v) is 9.13. The lowest BCUT2D eigenvalue weighted by atomic mass is 9.81. The average molecular weight is 645 g/mol. The molecule has 1 saturated heterocycles. The molecule has 2 atom stereocenters. The molecule has 10 nitrogen and oxygen atoms in total. The van der Waals surface area contributed by atoms with E-state index in [1.807, 2.05) is 6.92 Å². The van der Waals surface area contributed by atoms with Crippen molar-refractivity contribution in [1.82, 2.24) is 4.90 Å². The number of methoxy groups -OCH3 is 2. The minimum absolute atomic E-state index is 0.0796. The van der Waals surface area contributed by atoms with E-state index in [0.29, 0.717) is 51.1 Å². The van der Waals surface area contributed by atoms with E-state index >= 15 is 0 Å². The van der Waals surface area contributed by atoms with E-state index in [1.54, 1.807) is 32.0 Å². The van der Waals surface area contributed by atoms with Gasteiger partial charge in [0, 0.05) is 11.1 Å². The first-order valence-corrected chi connectivity index (χ1v) is 16.0. The number of nitrogens with zero attached hydrogens (tertiary/aromatic N) is 2. The highest BCUT2D eigenvalue weighted by atomic mass is 32.2. The smallest absolute Gasteiger partial charge is 0.346 e. The van der Waals surface area contributed by atoms with Gasteiger partial charge in [-0.3, -0.25) is 24.2 Å². The summed E-state index contributed by atoms with van der Waals surface area (Å²) >= 11 is 8.15. The molecule has 228 valence electrons. The zero-order valence-corrected chi connectivity index (χ0v) is 27.0. The van der Waals surface area contributed by atoms with E-state index < -0.39 is 23.4 Å². The molecule has 43 heavy (non-hydrogen) atoms. The number of ether oxygens (including phenoxy) is 3. The fraction of sp³-hybridized carbons (Fsp3) is 0.467. The van der Waals surface area contributed by atoms with Crippen LogP contribution in [0.15, 0.2) is 32.2 Å². The van der Waals surface area contributed by atoms with Crippen LogP contribution in [0.4, 0.5) is 5.69 Å². The Balaban J connectivity index is 1.59. The molecule has 0 N–H and O–H groups in total. The first-order valence-electron chi connectivity index (χ1n) is 14.0. The van der Waals surface area contributed by atoms with E-state index in [2.05, 4.69) is 0 Å². The maximum absolute atomic E-state index is 14.1. The monoisotopic (exact) mass is 644 g/mol. The van der Waals surface area contributed by atoms with E-state index in [-0.39, 0.29) is 40.0 Å². The third kappa shape index (κ3) is 5.29. The van der Waals surface area contributed by atoms with Crippen molar-refractivity contribution < 1.29 is 38.2 Å². The minimum Gasteiger partial charge on any atom is -0.494 e. The van der Waals surface area contributed by atoms with Crippen LogP contribution in [0.25, 0.3) is 5.57 Å². The predicted molar refractivity (Wildman–Crippen MR) is 167 cm³/mol. The van der Waals surface area contributed by atoms with Crippen LogP contribution >= 0.6 is 35.7 Å². The van der Waals surface area contributed by atoms with Gasteiger partial charge in [0.25, 0.3) is 0 Å². The van der Waals surface area contributed by atoms with Gasteiger partial charge in [-0.2, -0.15) is 0 Å². The van der Waals surface area contributed by atoms with Crippen molar-refractivity contribution in [3.05, 3.63) is 37.8 Å². The number of thiocarbonyl (C=S) groups is 1. The zero-order valence-electron chi connectivity index (χ0n) is 24.5. The molecule has 2 fully saturated rings. The van der Waals surface area contributed by atoms with Crippen molar-refractivity contribution in [2.24, 2.45) is 11.8 Å². The number of benzene rings is 1. The third-order valence-electron chi connectivity index (χ3n) is 8.15. The molecule has 13 heteroatoms. The maximum atomic E-state index is 14.1. The number of anilines is 1. The van der Waals surface area contributed by atoms with Crippen LogP contribution < -0.4 is 9.64 Å². The second kappa shape index (κ2) is 12.1. The number of imide groups is 1. The number of hydrogen-bond donors (Lipinski definition) is 0. The van der Waals surface area contributed by atoms with Crippen LogP contribution in [0, 0.1) is 11.8 Å². The number of esters is 2. The van der Waals surface area contributed by atoms with E-state index in [1.165, 1.54) is 19.1 Å². The highest BCUT2D eigenvalue weighted by molar-refractivity contribution is 8.29. The molecule has 0 radical (unpaired) electrons. The van der Waals surface area contributed by atoms with Crippen molar-refractivity contribution in [3.63, 3.8) is 0 Å². The second-order valence-electron chi connectivity index (χ2n) is 11.0. The Morgan fingerprint density at radius 1 is 0.977 bits per heavy atom. The molecule has 4 aliphatic rings. The van der Waals surface area contributed by atoms with Gasteiger partial charge in [0.2, 0.25) is 17.7 Å². The Labute approximate surface area is 263 Å². The summed E-state index contributed by atoms with van der Waals surface area (Å²) in [6.07, 6.45) is 3.10. The summed E-state index contributed by atoms with van der Waals surface area (Å²) < 4.78 is 16.2. The van der Waals surface area contributed by atoms with Gasteiger partial charge < -0.3 is 14.2 Å². The lowest BCUT2D eigenvalue weighted by Crippen LogP contribution is -2.58. The average Bonchev–Trinajstić information content (AvgIpc) is 3.53. The Morgan fingerprint density at radius 2 is 1.53 bits per heavy atom. The van der Waals surface area contributed by atoms with Gasteiger partial charge >= 0.3 is 11.9 Å². The summed E-state index contributed by atoms with van der Waals surface area (Å²) in [5.41, 5.74) is 0.531. The maximum Gasteiger partial charge on any atom is 0.346 e. The Hall–Kier alpha value is -3.16. The lowest BCUT2D eigenvalue weighted by molar-refractivity contribution is -0.143. The first kappa shape index (κ1) is 31.3. The predicted octanol–water partition coefficient (Wildman–Crippen LogP) is 4.46. The number of carbonyl (C=O) groups excluding carboxylic acids is 5. The van der Waals surface area contributed by atoms with Crippen molar-refractivity contribution in [2.45, 2.75) is 52.0 Å². The summed E-state index contributed by atoms with van der Waals surface area (Å²) in [5, 5.41) is 0. The molecule has 1 saturated carbocycles. The number of amides is 3. The van der Waals surface area contributed by atoms with Crippen molar-refractivity contribution >= 4 is 81.5 Å². The number of thioether (sulfide) groups is 2. The van der Waals surface area contributed by atoms with Gasteiger partial charge in [-0.25, -0.2) is 9.59 Å². The Morgan fingerprint density at radius 3 is 2.05 bits per heavy atom. The summed E-state index contributed by atoms with van der Waals surface area (Å²) in [6.45, 7) is 5.44. The van der Waals surface area contributed by atoms with Gasteiger partial charge in [-0.05, 0) is 51.8 Å². The Bertz CT molecular complexity index is 1460. The van der Waals surface area contributed by atoms with Gasteiger partial charge in [-0.1, -0.05) is 48.6 Å². The Kier molecular flexibility index (Phi) is 8.79. The summed E-state index contributed by atoms with van der Waals surface area (Å²) in [6, 6.07) is 5.25. The third-order valence-corrected chi connectivity index (χ3v) is 11.4. The SMILES string of the molecule is CCOc1ccc2c(c1)C(=C1SC(C(=O)OC)=C(C(=O)OC)S1)C(=S)C(C)(C)N2C(=O)CN1C(=O)[C@H]2CCCC[C@@H]2C1=O. The summed E-state index contributed by atoms with van der Waals surface area (Å²) in [5.74, 6) is -2.58. The number of rotatable bonds is 6. The van der Waals surface area contributed by atoms with Gasteiger partial charge in [0.1, 0.15) is 22.1 Å². The number of likely N-dealkylation sites (tertiary alicyclic amines) is 1. The molecular weight excluding hydrogens is 613 g/mol. The van der Waals surface area contributed by atoms with Crippen molar-refractivity contribution in [2.75, 3.05) is 32.3 Å². The molecule has 0 spiro atoms. The first-order chi connectivity index (χ1) is 20.5. The van der Waals surface area contributed by atoms with E-state index in [4.69, 9.17) is 26.4 Å². The largest absolute Gasteiger partial charge is 0.494 e. The highest BCUT2D eigenvalue weighted by Gasteiger charge is 2.51. The number of carbonyl (C=O) groups is 5. The zero-order chi connectivity index (χ0) is 31.2. The molecule has 0 unspecified atom stereocenters. The molecule has 0 aromatic heterocycles. The molecule has 5 rings (SSSR count). The standard InChI is InChI=1S/C30H32N2O8S3/c1-6-40-15-11-12-19-18(13-15)21(29-42-22(27(36)38-4)23(43-29)28(37)39-5)24(41)30(2,3)32(19)20(33)14-31-25(34)16-9-7-8-10-17(16)26(31)35/h11-13,16-17H,6-10,14H2,1-5H3/t16-,17-/m0/s1. The van der Waals surface area contributed by atoms with Gasteiger partial charge in [0.05, 0.1) is 53.0 Å². The van der Waals surface area contributed by atoms with Crippen LogP contribution in [-0.2, 0) is 33.4 Å². The molecule has 3 amide bonds. The molecule has 1 aromatic rings. The molecule has 3 aliphatic heterocycles. The van der Waals surface area contributed by atoms with Crippen molar-refractivity contribution in [1.29, 1.82) is 0 Å². The second-order valence-corrected chi connectivity index (χ2v) is 13.7. The quantitative estimate of drug-likeness (QED) is 0.189. The molecule has 3 heterocycles. The van der Waals surface area contributed by atoms with Crippen LogP contribution in [0.1, 0.15) is 52.0 Å². The van der Waals surface area contributed by atoms with Crippen LogP contribution in [0.3, 0.4) is 0 Å². The number of fused-ring (bicyclic) bond motifs is 2. The topological polar surface area (TPSA) is 120 Å². The van der Waals surface area contributed by atoms with Gasteiger partial charge in [-0.15, -0.1) is 0 Å². The molecule has 0 bridgehead atoms. The van der Waals surface area contributed by atoms with E-state index in [9.17, 15) is 24.0 Å². The van der Waals surface area contributed by atoms with Gasteiger partial charge in [0.15, 0.2) is 0 Å². The van der Waals surface area contributed by atoms with Crippen LogP contribution in [-0.4, -0.2) is 72.3 Å².